The number of benzene rings is 2. The Morgan fingerprint density at radius 3 is 2.53 bits per heavy atom. The smallest absolute Gasteiger partial charge is 0.305 e. The first-order chi connectivity index (χ1) is 20.6. The number of unbranched alkanes of at least 4 members (excludes halogenated alkanes) is 1. The molecule has 0 radical (unpaired) electrons. The zero-order valence-electron chi connectivity index (χ0n) is 25.3. The number of anilines is 1. The number of nitrogens with zero attached hydrogens (tertiary/aromatic N) is 4. The molecule has 1 fully saturated rings. The highest BCUT2D eigenvalue weighted by Gasteiger charge is 2.65. The number of hydrogen-bond acceptors (Lipinski definition) is 8. The number of carbonyl (C=O) groups is 2. The minimum absolute atomic E-state index is 0.0818. The van der Waals surface area contributed by atoms with Gasteiger partial charge in [-0.15, -0.1) is 5.10 Å². The van der Waals surface area contributed by atoms with E-state index in [-0.39, 0.29) is 42.0 Å². The van der Waals surface area contributed by atoms with Crippen molar-refractivity contribution < 1.29 is 29.0 Å². The van der Waals surface area contributed by atoms with Gasteiger partial charge in [-0.05, 0) is 44.0 Å². The fourth-order valence-corrected chi connectivity index (χ4v) is 9.66. The molecular weight excluding hydrogens is 564 g/mol. The normalized spacial score (nSPS) is 24.0. The van der Waals surface area contributed by atoms with Crippen molar-refractivity contribution in [3.63, 3.8) is 0 Å². The van der Waals surface area contributed by atoms with Gasteiger partial charge in [-0.25, -0.2) is 0 Å². The van der Waals surface area contributed by atoms with Crippen molar-refractivity contribution in [1.29, 1.82) is 0 Å². The maximum absolute atomic E-state index is 14.3. The number of aromatic nitrogens is 3. The van der Waals surface area contributed by atoms with E-state index in [9.17, 15) is 19.5 Å². The summed E-state index contributed by atoms with van der Waals surface area (Å²) in [6, 6.07) is 17.5. The molecule has 10 nitrogen and oxygen atoms in total. The number of methoxy groups -OCH3 is 1. The van der Waals surface area contributed by atoms with Gasteiger partial charge < -0.3 is 24.3 Å². The molecule has 1 spiro atoms. The number of ether oxygens (including phenoxy) is 2. The van der Waals surface area contributed by atoms with Crippen molar-refractivity contribution in [2.45, 2.75) is 75.4 Å². The van der Waals surface area contributed by atoms with Gasteiger partial charge in [0.2, 0.25) is 0 Å². The summed E-state index contributed by atoms with van der Waals surface area (Å²) in [6.07, 6.45) is 3.60. The van der Waals surface area contributed by atoms with Gasteiger partial charge in [-0.3, -0.25) is 14.3 Å². The standard InChI is InChI=1S/C32H42N4O6Si/c1-22-30(43(3,4)40)28(17-19-35-20-26(33-34-35)24(21-37)23-12-6-5-7-13-23)42-32(22)25-14-8-9-15-27(25)36(31(32)39)18-11-10-16-29(38)41-2/h5-9,12-15,20,22,24,28,30,37,40H,10-11,16-19,21H2,1-4H3/t22-,24?,28+,30-,32+/m0/s1. The molecule has 43 heavy (non-hydrogen) atoms. The van der Waals surface area contributed by atoms with Gasteiger partial charge in [-0.1, -0.05) is 60.7 Å². The number of carbonyl (C=O) groups excluding carboxylic acids is 2. The molecule has 1 amide bonds. The van der Waals surface area contributed by atoms with E-state index in [0.29, 0.717) is 44.5 Å². The lowest BCUT2D eigenvalue weighted by Gasteiger charge is -2.32. The highest BCUT2D eigenvalue weighted by Crippen LogP contribution is 2.59. The molecule has 2 N–H and O–H groups in total. The summed E-state index contributed by atoms with van der Waals surface area (Å²) in [6.45, 7) is 6.74. The molecule has 5 atom stereocenters. The molecule has 1 unspecified atom stereocenters. The zero-order valence-corrected chi connectivity index (χ0v) is 26.3. The zero-order chi connectivity index (χ0) is 30.8. The highest BCUT2D eigenvalue weighted by molar-refractivity contribution is 6.71. The topological polar surface area (TPSA) is 127 Å². The Bertz CT molecular complexity index is 1430. The summed E-state index contributed by atoms with van der Waals surface area (Å²) in [4.78, 5) is 39.2. The molecule has 0 saturated carbocycles. The summed E-state index contributed by atoms with van der Waals surface area (Å²) in [7, 11) is -1.41. The van der Waals surface area contributed by atoms with Crippen LogP contribution in [0.5, 0.6) is 0 Å². The molecule has 2 aliphatic rings. The van der Waals surface area contributed by atoms with Crippen molar-refractivity contribution in [3.05, 3.63) is 77.6 Å². The van der Waals surface area contributed by atoms with Gasteiger partial charge in [0.25, 0.3) is 5.91 Å². The fourth-order valence-electron chi connectivity index (χ4n) is 7.06. The van der Waals surface area contributed by atoms with E-state index in [2.05, 4.69) is 10.3 Å². The maximum Gasteiger partial charge on any atom is 0.305 e. The molecule has 11 heteroatoms. The number of fused-ring (bicyclic) bond motifs is 2. The Morgan fingerprint density at radius 1 is 1.12 bits per heavy atom. The third kappa shape index (κ3) is 5.91. The maximum atomic E-state index is 14.3. The second-order valence-electron chi connectivity index (χ2n) is 12.2. The van der Waals surface area contributed by atoms with Crippen LogP contribution in [-0.2, 0) is 31.2 Å². The van der Waals surface area contributed by atoms with E-state index in [4.69, 9.17) is 9.47 Å². The van der Waals surface area contributed by atoms with Gasteiger partial charge in [0.15, 0.2) is 13.9 Å². The number of aliphatic hydroxyl groups excluding tert-OH is 1. The van der Waals surface area contributed by atoms with Crippen LogP contribution >= 0.6 is 0 Å². The Kier molecular flexibility index (Phi) is 9.17. The van der Waals surface area contributed by atoms with Crippen LogP contribution in [0.15, 0.2) is 60.8 Å². The number of aliphatic hydroxyl groups is 1. The first kappa shape index (κ1) is 31.1. The van der Waals surface area contributed by atoms with Crippen molar-refractivity contribution in [3.8, 4) is 0 Å². The lowest BCUT2D eigenvalue weighted by molar-refractivity contribution is -0.146. The summed E-state index contributed by atoms with van der Waals surface area (Å²) in [5, 5.41) is 18.7. The summed E-state index contributed by atoms with van der Waals surface area (Å²) < 4.78 is 13.4. The van der Waals surface area contributed by atoms with Gasteiger partial charge in [0, 0.05) is 42.7 Å². The average molecular weight is 607 g/mol. The van der Waals surface area contributed by atoms with Crippen molar-refractivity contribution in [2.75, 3.05) is 25.2 Å². The molecule has 2 aliphatic heterocycles. The number of rotatable bonds is 12. The van der Waals surface area contributed by atoms with Crippen LogP contribution in [0.3, 0.4) is 0 Å². The Labute approximate surface area is 253 Å². The van der Waals surface area contributed by atoms with E-state index < -0.39 is 13.9 Å². The molecule has 3 heterocycles. The van der Waals surface area contributed by atoms with Gasteiger partial charge in [0.1, 0.15) is 0 Å². The average Bonchev–Trinajstić information content (AvgIpc) is 3.65. The summed E-state index contributed by atoms with van der Waals surface area (Å²) in [5.41, 5.74) is 1.93. The number of para-hydroxylation sites is 1. The quantitative estimate of drug-likeness (QED) is 0.180. The second-order valence-corrected chi connectivity index (χ2v) is 16.2. The molecule has 1 aromatic heterocycles. The second kappa shape index (κ2) is 12.7. The molecule has 5 rings (SSSR count). The van der Waals surface area contributed by atoms with Crippen LogP contribution < -0.4 is 4.90 Å². The van der Waals surface area contributed by atoms with Gasteiger partial charge >= 0.3 is 5.97 Å². The molecule has 3 aromatic rings. The minimum Gasteiger partial charge on any atom is -0.469 e. The number of aryl methyl sites for hydroxylation is 1. The lowest BCUT2D eigenvalue weighted by atomic mass is 9.82. The molecule has 0 aliphatic carbocycles. The van der Waals surface area contributed by atoms with Gasteiger partial charge in [0.05, 0.1) is 37.1 Å². The first-order valence-corrected chi connectivity index (χ1v) is 18.1. The van der Waals surface area contributed by atoms with Crippen molar-refractivity contribution in [2.24, 2.45) is 5.92 Å². The Hall–Kier alpha value is -3.38. The SMILES string of the molecule is COC(=O)CCCCN1C(=O)[C@]2(O[C@H](CCn3cc(C(CO)c4ccccc4)nn3)[C@@H]([Si](C)(C)O)[C@@H]2C)c2ccccc21. The Morgan fingerprint density at radius 2 is 1.84 bits per heavy atom. The number of esters is 1. The van der Waals surface area contributed by atoms with E-state index >= 15 is 0 Å². The van der Waals surface area contributed by atoms with Crippen LogP contribution in [0.1, 0.15) is 55.3 Å². The summed E-state index contributed by atoms with van der Waals surface area (Å²) >= 11 is 0. The van der Waals surface area contributed by atoms with Crippen LogP contribution in [0.4, 0.5) is 5.69 Å². The third-order valence-corrected chi connectivity index (χ3v) is 11.6. The largest absolute Gasteiger partial charge is 0.469 e. The van der Waals surface area contributed by atoms with Gasteiger partial charge in [-0.2, -0.15) is 0 Å². The van der Waals surface area contributed by atoms with E-state index in [1.165, 1.54) is 7.11 Å². The summed E-state index contributed by atoms with van der Waals surface area (Å²) in [5.74, 6) is -0.892. The minimum atomic E-state index is -2.79. The molecule has 0 bridgehead atoms. The highest BCUT2D eigenvalue weighted by atomic mass is 28.4. The van der Waals surface area contributed by atoms with Crippen LogP contribution in [-0.4, -0.2) is 71.5 Å². The van der Waals surface area contributed by atoms with Crippen LogP contribution in [0, 0.1) is 5.92 Å². The monoisotopic (exact) mass is 606 g/mol. The Balaban J connectivity index is 1.37. The predicted octanol–water partition coefficient (Wildman–Crippen LogP) is 3.98. The number of amides is 1. The van der Waals surface area contributed by atoms with Crippen LogP contribution in [0.2, 0.25) is 18.6 Å². The van der Waals surface area contributed by atoms with Crippen molar-refractivity contribution >= 4 is 25.9 Å². The molecular formula is C32H42N4O6Si. The molecule has 2 aromatic carbocycles. The number of hydrogen-bond donors (Lipinski definition) is 2. The van der Waals surface area contributed by atoms with E-state index in [1.807, 2.05) is 80.8 Å². The van der Waals surface area contributed by atoms with E-state index in [0.717, 1.165) is 16.8 Å². The lowest BCUT2D eigenvalue weighted by Crippen LogP contribution is -2.46. The fraction of sp³-hybridized carbons (Fsp3) is 0.500. The molecule has 1 saturated heterocycles. The van der Waals surface area contributed by atoms with E-state index in [1.54, 1.807) is 9.58 Å². The predicted molar refractivity (Wildman–Crippen MR) is 164 cm³/mol. The third-order valence-electron chi connectivity index (χ3n) is 9.07. The first-order valence-electron chi connectivity index (χ1n) is 15.1. The van der Waals surface area contributed by atoms with Crippen LogP contribution in [0.25, 0.3) is 0 Å². The molecule has 230 valence electrons. The van der Waals surface area contributed by atoms with Crippen molar-refractivity contribution in [1.82, 2.24) is 15.0 Å².